The molecule has 2 fully saturated rings. The molecule has 2 aromatic rings. The van der Waals surface area contributed by atoms with Gasteiger partial charge in [-0.05, 0) is 31.0 Å². The summed E-state index contributed by atoms with van der Waals surface area (Å²) in [5.41, 5.74) is 0. The van der Waals surface area contributed by atoms with Gasteiger partial charge in [-0.2, -0.15) is 8.78 Å². The molecule has 0 unspecified atom stereocenters. The highest BCUT2D eigenvalue weighted by Gasteiger charge is 2.39. The normalized spacial score (nSPS) is 21.0. The van der Waals surface area contributed by atoms with E-state index >= 15 is 0 Å². The fourth-order valence-corrected chi connectivity index (χ4v) is 3.49. The van der Waals surface area contributed by atoms with Crippen molar-refractivity contribution in [1.29, 1.82) is 0 Å². The van der Waals surface area contributed by atoms with Gasteiger partial charge in [0, 0.05) is 31.3 Å². The van der Waals surface area contributed by atoms with E-state index in [2.05, 4.69) is 20.0 Å². The zero-order valence-electron chi connectivity index (χ0n) is 15.6. The first-order chi connectivity index (χ1) is 14.4. The first kappa shape index (κ1) is 20.5. The predicted molar refractivity (Wildman–Crippen MR) is 101 cm³/mol. The molecule has 1 amide bonds. The van der Waals surface area contributed by atoms with Crippen molar-refractivity contribution in [3.05, 3.63) is 41.4 Å². The van der Waals surface area contributed by atoms with Crippen LogP contribution in [0.25, 0.3) is 0 Å². The summed E-state index contributed by atoms with van der Waals surface area (Å²) >= 11 is 5.85. The maximum absolute atomic E-state index is 13.4. The quantitative estimate of drug-likeness (QED) is 0.664. The second-order valence-corrected chi connectivity index (χ2v) is 7.55. The minimum atomic E-state index is -3.04. The molecule has 160 valence electrons. The zero-order chi connectivity index (χ0) is 21.3. The summed E-state index contributed by atoms with van der Waals surface area (Å²) < 4.78 is 48.3. The molecule has 1 aromatic carbocycles. The van der Waals surface area contributed by atoms with Crippen LogP contribution in [0, 0.1) is 11.7 Å². The number of alkyl halides is 2. The fraction of sp³-hybridized carbons (Fsp3) is 0.421. The summed E-state index contributed by atoms with van der Waals surface area (Å²) in [6.45, 7) is -1.88. The van der Waals surface area contributed by atoms with Gasteiger partial charge in [0.05, 0.1) is 6.04 Å². The molecule has 11 heteroatoms. The Kier molecular flexibility index (Phi) is 5.85. The van der Waals surface area contributed by atoms with E-state index in [4.69, 9.17) is 16.3 Å². The SMILES string of the molecule is O=C(NC1CN(c2nccc(Cl)n2)C1)[C@H]1C[C@H](Oc2cc(F)ccc2OC(F)F)C1. The third-order valence-electron chi connectivity index (χ3n) is 5.00. The van der Waals surface area contributed by atoms with Crippen molar-refractivity contribution in [3.8, 4) is 11.5 Å². The largest absolute Gasteiger partial charge is 0.486 e. The Morgan fingerprint density at radius 1 is 1.23 bits per heavy atom. The van der Waals surface area contributed by atoms with E-state index in [0.717, 1.165) is 18.2 Å². The summed E-state index contributed by atoms with van der Waals surface area (Å²) in [6, 6.07) is 4.66. The number of anilines is 1. The molecule has 0 spiro atoms. The van der Waals surface area contributed by atoms with Crippen molar-refractivity contribution in [2.45, 2.75) is 31.6 Å². The molecule has 1 saturated carbocycles. The summed E-state index contributed by atoms with van der Waals surface area (Å²) in [5, 5.41) is 3.31. The second-order valence-electron chi connectivity index (χ2n) is 7.17. The molecular weight excluding hydrogens is 425 g/mol. The Labute approximate surface area is 175 Å². The van der Waals surface area contributed by atoms with Crippen LogP contribution >= 0.6 is 11.6 Å². The number of rotatable bonds is 7. The molecule has 2 heterocycles. The van der Waals surface area contributed by atoms with E-state index in [0.29, 0.717) is 37.0 Å². The third kappa shape index (κ3) is 4.69. The van der Waals surface area contributed by atoms with Gasteiger partial charge in [0.25, 0.3) is 0 Å². The molecule has 2 aliphatic rings. The van der Waals surface area contributed by atoms with Crippen LogP contribution in [-0.2, 0) is 4.79 Å². The number of amides is 1. The highest BCUT2D eigenvalue weighted by molar-refractivity contribution is 6.29. The van der Waals surface area contributed by atoms with Crippen molar-refractivity contribution in [2.75, 3.05) is 18.0 Å². The average Bonchev–Trinajstić information content (AvgIpc) is 2.62. The topological polar surface area (TPSA) is 76.6 Å². The van der Waals surface area contributed by atoms with Crippen LogP contribution in [0.15, 0.2) is 30.5 Å². The first-order valence-electron chi connectivity index (χ1n) is 9.32. The predicted octanol–water partition coefficient (Wildman–Crippen LogP) is 3.03. The Balaban J connectivity index is 1.23. The first-order valence-corrected chi connectivity index (χ1v) is 9.70. The maximum atomic E-state index is 13.4. The van der Waals surface area contributed by atoms with Gasteiger partial charge in [0.2, 0.25) is 11.9 Å². The van der Waals surface area contributed by atoms with E-state index in [1.54, 1.807) is 12.3 Å². The summed E-state index contributed by atoms with van der Waals surface area (Å²) in [6.07, 6.45) is 2.01. The number of aromatic nitrogens is 2. The number of carbonyl (C=O) groups excluding carboxylic acids is 1. The van der Waals surface area contributed by atoms with Crippen LogP contribution < -0.4 is 19.7 Å². The Morgan fingerprint density at radius 3 is 2.70 bits per heavy atom. The number of nitrogens with zero attached hydrogens (tertiary/aromatic N) is 3. The number of hydrogen-bond acceptors (Lipinski definition) is 6. The summed E-state index contributed by atoms with van der Waals surface area (Å²) in [4.78, 5) is 22.5. The van der Waals surface area contributed by atoms with Crippen molar-refractivity contribution in [1.82, 2.24) is 15.3 Å². The standard InChI is InChI=1S/C19H18ClF3N4O3/c20-16-3-4-24-19(26-16)27-8-12(9-27)25-17(28)10-5-13(6-10)29-15-7-11(21)1-2-14(15)30-18(22)23/h1-4,7,10,12-13,18H,5-6,8-9H2,(H,25,28)/t10-,13-. The maximum Gasteiger partial charge on any atom is 0.387 e. The smallest absolute Gasteiger partial charge is 0.387 e. The highest BCUT2D eigenvalue weighted by atomic mass is 35.5. The Bertz CT molecular complexity index is 924. The van der Waals surface area contributed by atoms with Gasteiger partial charge in [-0.25, -0.2) is 14.4 Å². The third-order valence-corrected chi connectivity index (χ3v) is 5.21. The van der Waals surface area contributed by atoms with Crippen LogP contribution in [0.2, 0.25) is 5.15 Å². The van der Waals surface area contributed by atoms with Gasteiger partial charge in [0.1, 0.15) is 17.1 Å². The second kappa shape index (κ2) is 8.55. The minimum absolute atomic E-state index is 0.0192. The molecule has 0 bridgehead atoms. The molecule has 0 radical (unpaired) electrons. The van der Waals surface area contributed by atoms with Crippen LogP contribution in [-0.4, -0.2) is 47.7 Å². The molecule has 1 saturated heterocycles. The lowest BCUT2D eigenvalue weighted by Gasteiger charge is -2.41. The zero-order valence-corrected chi connectivity index (χ0v) is 16.4. The van der Waals surface area contributed by atoms with Crippen LogP contribution in [0.4, 0.5) is 19.1 Å². The van der Waals surface area contributed by atoms with Crippen molar-refractivity contribution >= 4 is 23.5 Å². The number of ether oxygens (including phenoxy) is 2. The van der Waals surface area contributed by atoms with E-state index in [1.807, 2.05) is 4.90 Å². The molecule has 1 N–H and O–H groups in total. The van der Waals surface area contributed by atoms with E-state index in [9.17, 15) is 18.0 Å². The molecule has 4 rings (SSSR count). The molecule has 1 aromatic heterocycles. The lowest BCUT2D eigenvalue weighted by molar-refractivity contribution is -0.131. The molecule has 0 atom stereocenters. The van der Waals surface area contributed by atoms with Gasteiger partial charge >= 0.3 is 6.61 Å². The monoisotopic (exact) mass is 442 g/mol. The van der Waals surface area contributed by atoms with E-state index < -0.39 is 12.4 Å². The van der Waals surface area contributed by atoms with Crippen LogP contribution in [0.5, 0.6) is 11.5 Å². The van der Waals surface area contributed by atoms with Gasteiger partial charge in [0.15, 0.2) is 11.5 Å². The van der Waals surface area contributed by atoms with Gasteiger partial charge in [-0.1, -0.05) is 11.6 Å². The van der Waals surface area contributed by atoms with Crippen molar-refractivity contribution in [3.63, 3.8) is 0 Å². The molecular formula is C19H18ClF3N4O3. The van der Waals surface area contributed by atoms with Crippen LogP contribution in [0.3, 0.4) is 0 Å². The molecule has 7 nitrogen and oxygen atoms in total. The lowest BCUT2D eigenvalue weighted by Crippen LogP contribution is -2.61. The summed E-state index contributed by atoms with van der Waals surface area (Å²) in [7, 11) is 0. The molecule has 30 heavy (non-hydrogen) atoms. The summed E-state index contributed by atoms with van der Waals surface area (Å²) in [5.74, 6) is -0.804. The Morgan fingerprint density at radius 2 is 2.00 bits per heavy atom. The minimum Gasteiger partial charge on any atom is -0.486 e. The average molecular weight is 443 g/mol. The number of hydrogen-bond donors (Lipinski definition) is 1. The van der Waals surface area contributed by atoms with Gasteiger partial charge in [-0.15, -0.1) is 0 Å². The van der Waals surface area contributed by atoms with E-state index in [-0.39, 0.29) is 35.5 Å². The molecule has 1 aliphatic heterocycles. The lowest BCUT2D eigenvalue weighted by atomic mass is 9.81. The highest BCUT2D eigenvalue weighted by Crippen LogP contribution is 2.36. The molecule has 1 aliphatic carbocycles. The van der Waals surface area contributed by atoms with Crippen molar-refractivity contribution < 1.29 is 27.4 Å². The van der Waals surface area contributed by atoms with Crippen molar-refractivity contribution in [2.24, 2.45) is 5.92 Å². The van der Waals surface area contributed by atoms with Gasteiger partial charge < -0.3 is 19.7 Å². The number of nitrogens with one attached hydrogen (secondary N) is 1. The van der Waals surface area contributed by atoms with Crippen LogP contribution in [0.1, 0.15) is 12.8 Å². The number of benzene rings is 1. The Hall–Kier alpha value is -2.75. The number of carbonyl (C=O) groups is 1. The van der Waals surface area contributed by atoms with Gasteiger partial charge in [-0.3, -0.25) is 4.79 Å². The van der Waals surface area contributed by atoms with E-state index in [1.165, 1.54) is 0 Å². The fourth-order valence-electron chi connectivity index (χ4n) is 3.35. The number of halogens is 4.